The average molecular weight is 353 g/mol. The summed E-state index contributed by atoms with van der Waals surface area (Å²) in [5.74, 6) is -1.08. The van der Waals surface area contributed by atoms with Crippen LogP contribution >= 0.6 is 0 Å². The predicted molar refractivity (Wildman–Crippen MR) is 86.7 cm³/mol. The standard InChI is InChI=1S/C16H20FN3O5/c1-10(21)20(24)9-13-8-19(16(23)25-13)11-2-3-15(14(17)6-11)18-5-4-12(22)7-18/h2-3,6,12-13,20,22H,4-5,7-9H2,1H3. The number of ether oxygens (including phenoxy) is 1. The van der Waals surface area contributed by atoms with Crippen LogP contribution < -0.4 is 14.9 Å². The van der Waals surface area contributed by atoms with Crippen molar-refractivity contribution in [3.05, 3.63) is 29.2 Å². The molecule has 2 aliphatic rings. The lowest BCUT2D eigenvalue weighted by Crippen LogP contribution is -3.10. The molecule has 2 aliphatic heterocycles. The van der Waals surface area contributed by atoms with Gasteiger partial charge in [0.05, 0.1) is 30.9 Å². The van der Waals surface area contributed by atoms with Crippen molar-refractivity contribution in [1.82, 2.24) is 0 Å². The molecule has 0 aliphatic carbocycles. The monoisotopic (exact) mass is 353 g/mol. The number of anilines is 2. The normalized spacial score (nSPS) is 24.6. The number of carbonyl (C=O) groups excluding carboxylic acids is 2. The van der Waals surface area contributed by atoms with Gasteiger partial charge in [-0.05, 0) is 24.6 Å². The van der Waals surface area contributed by atoms with Gasteiger partial charge in [-0.3, -0.25) is 4.90 Å². The molecule has 25 heavy (non-hydrogen) atoms. The van der Waals surface area contributed by atoms with Crippen LogP contribution in [-0.4, -0.2) is 55.5 Å². The lowest BCUT2D eigenvalue weighted by atomic mass is 10.2. The summed E-state index contributed by atoms with van der Waals surface area (Å²) in [6.07, 6.45) is -1.27. The van der Waals surface area contributed by atoms with Gasteiger partial charge >= 0.3 is 12.0 Å². The van der Waals surface area contributed by atoms with E-state index in [1.807, 2.05) is 0 Å². The van der Waals surface area contributed by atoms with Gasteiger partial charge in [0.2, 0.25) is 0 Å². The number of hydrogen-bond donors (Lipinski definition) is 2. The minimum atomic E-state index is -0.722. The Morgan fingerprint density at radius 3 is 2.84 bits per heavy atom. The Kier molecular flexibility index (Phi) is 4.89. The second-order valence-electron chi connectivity index (χ2n) is 6.32. The molecule has 3 unspecified atom stereocenters. The minimum absolute atomic E-state index is 0.0824. The van der Waals surface area contributed by atoms with Crippen molar-refractivity contribution in [3.63, 3.8) is 0 Å². The molecule has 0 saturated carbocycles. The third kappa shape index (κ3) is 3.73. The summed E-state index contributed by atoms with van der Waals surface area (Å²) in [5, 5.41) is 20.4. The van der Waals surface area contributed by atoms with Crippen LogP contribution in [0.3, 0.4) is 0 Å². The number of halogens is 1. The van der Waals surface area contributed by atoms with Crippen LogP contribution in [0.5, 0.6) is 0 Å². The molecule has 1 aromatic carbocycles. The van der Waals surface area contributed by atoms with Gasteiger partial charge in [0.25, 0.3) is 0 Å². The maximum absolute atomic E-state index is 14.4. The summed E-state index contributed by atoms with van der Waals surface area (Å²) in [7, 11) is 0. The number of cyclic esters (lactones) is 1. The molecule has 0 bridgehead atoms. The third-order valence-corrected chi connectivity index (χ3v) is 4.43. The molecule has 136 valence electrons. The fraction of sp³-hybridized carbons (Fsp3) is 0.500. The van der Waals surface area contributed by atoms with Gasteiger partial charge in [-0.25, -0.2) is 14.0 Å². The molecule has 0 radical (unpaired) electrons. The van der Waals surface area contributed by atoms with Gasteiger partial charge < -0.3 is 25.0 Å². The zero-order valence-corrected chi connectivity index (χ0v) is 13.8. The van der Waals surface area contributed by atoms with E-state index in [1.165, 1.54) is 17.9 Å². The van der Waals surface area contributed by atoms with Crippen molar-refractivity contribution in [1.29, 1.82) is 0 Å². The van der Waals surface area contributed by atoms with Gasteiger partial charge in [-0.15, -0.1) is 0 Å². The fourth-order valence-corrected chi connectivity index (χ4v) is 3.07. The number of nitrogens with one attached hydrogen (secondary N) is 1. The molecule has 2 fully saturated rings. The Morgan fingerprint density at radius 1 is 1.48 bits per heavy atom. The van der Waals surface area contributed by atoms with Crippen LogP contribution in [0.2, 0.25) is 0 Å². The number of nitrogens with zero attached hydrogens (tertiary/aromatic N) is 2. The molecule has 9 heteroatoms. The molecular weight excluding hydrogens is 333 g/mol. The quantitative estimate of drug-likeness (QED) is 0.718. The summed E-state index contributed by atoms with van der Waals surface area (Å²) in [6, 6.07) is 4.39. The first-order valence-electron chi connectivity index (χ1n) is 8.09. The molecule has 2 N–H and O–H groups in total. The molecule has 3 rings (SSSR count). The van der Waals surface area contributed by atoms with Gasteiger partial charge in [0, 0.05) is 13.1 Å². The van der Waals surface area contributed by atoms with E-state index in [4.69, 9.17) is 4.74 Å². The van der Waals surface area contributed by atoms with E-state index in [9.17, 15) is 24.3 Å². The van der Waals surface area contributed by atoms with Crippen LogP contribution in [0.25, 0.3) is 0 Å². The lowest BCUT2D eigenvalue weighted by Gasteiger charge is -2.21. The van der Waals surface area contributed by atoms with Gasteiger partial charge in [-0.1, -0.05) is 0 Å². The highest BCUT2D eigenvalue weighted by Crippen LogP contribution is 2.29. The first-order valence-corrected chi connectivity index (χ1v) is 8.09. The van der Waals surface area contributed by atoms with E-state index in [0.29, 0.717) is 30.9 Å². The van der Waals surface area contributed by atoms with Crippen molar-refractivity contribution in [2.24, 2.45) is 0 Å². The SMILES string of the molecule is CC(=O)[NH+]([O-])CC1CN(c2ccc(N3CCC(O)C3)c(F)c2)C(=O)O1. The van der Waals surface area contributed by atoms with Crippen molar-refractivity contribution >= 4 is 23.4 Å². The van der Waals surface area contributed by atoms with Gasteiger partial charge in [0.1, 0.15) is 12.4 Å². The van der Waals surface area contributed by atoms with E-state index in [2.05, 4.69) is 0 Å². The Balaban J connectivity index is 1.70. The topological polar surface area (TPSA) is 97.6 Å². The van der Waals surface area contributed by atoms with Crippen LogP contribution in [0, 0.1) is 11.0 Å². The second-order valence-corrected chi connectivity index (χ2v) is 6.32. The molecule has 2 saturated heterocycles. The number of carbonyl (C=O) groups is 2. The van der Waals surface area contributed by atoms with Gasteiger partial charge in [0.15, 0.2) is 6.10 Å². The van der Waals surface area contributed by atoms with Crippen molar-refractivity contribution in [3.8, 4) is 0 Å². The predicted octanol–water partition coefficient (Wildman–Crippen LogP) is -0.349. The summed E-state index contributed by atoms with van der Waals surface area (Å²) < 4.78 is 19.5. The molecular formula is C16H20FN3O5. The molecule has 0 spiro atoms. The smallest absolute Gasteiger partial charge is 0.414 e. The third-order valence-electron chi connectivity index (χ3n) is 4.43. The van der Waals surface area contributed by atoms with Crippen LogP contribution in [0.15, 0.2) is 18.2 Å². The summed E-state index contributed by atoms with van der Waals surface area (Å²) in [6.45, 7) is 2.01. The number of hydrogen-bond acceptors (Lipinski definition) is 6. The number of amides is 2. The Bertz CT molecular complexity index is 686. The minimum Gasteiger partial charge on any atom is -0.627 e. The molecule has 8 nitrogen and oxygen atoms in total. The van der Waals surface area contributed by atoms with Crippen LogP contribution in [0.1, 0.15) is 13.3 Å². The number of aliphatic hydroxyl groups excluding tert-OH is 1. The number of rotatable bonds is 4. The van der Waals surface area contributed by atoms with E-state index < -0.39 is 35.1 Å². The first-order chi connectivity index (χ1) is 11.8. The summed E-state index contributed by atoms with van der Waals surface area (Å²) in [5.41, 5.74) is 0.694. The highest BCUT2D eigenvalue weighted by Gasteiger charge is 2.35. The number of hydroxylamine groups is 2. The van der Waals surface area contributed by atoms with E-state index in [0.717, 1.165) is 0 Å². The maximum atomic E-state index is 14.4. The van der Waals surface area contributed by atoms with Crippen molar-refractivity contribution < 1.29 is 28.9 Å². The molecule has 0 aromatic heterocycles. The van der Waals surface area contributed by atoms with E-state index in [-0.39, 0.29) is 13.1 Å². The zero-order valence-electron chi connectivity index (χ0n) is 13.8. The van der Waals surface area contributed by atoms with Crippen molar-refractivity contribution in [2.45, 2.75) is 25.6 Å². The van der Waals surface area contributed by atoms with Crippen molar-refractivity contribution in [2.75, 3.05) is 36.0 Å². The molecule has 1 aromatic rings. The highest BCUT2D eigenvalue weighted by atomic mass is 19.1. The molecule has 3 atom stereocenters. The van der Waals surface area contributed by atoms with E-state index >= 15 is 0 Å². The van der Waals surface area contributed by atoms with Crippen LogP contribution in [0.4, 0.5) is 20.6 Å². The maximum Gasteiger partial charge on any atom is 0.414 e. The second kappa shape index (κ2) is 6.95. The van der Waals surface area contributed by atoms with E-state index in [1.54, 1.807) is 17.0 Å². The Labute approximate surface area is 143 Å². The fourth-order valence-electron chi connectivity index (χ4n) is 3.07. The number of quaternary nitrogens is 1. The summed E-state index contributed by atoms with van der Waals surface area (Å²) in [4.78, 5) is 26.0. The number of benzene rings is 1. The zero-order chi connectivity index (χ0) is 18.1. The first kappa shape index (κ1) is 17.6. The highest BCUT2D eigenvalue weighted by molar-refractivity contribution is 5.90. The van der Waals surface area contributed by atoms with Crippen LogP contribution in [-0.2, 0) is 9.53 Å². The summed E-state index contributed by atoms with van der Waals surface area (Å²) >= 11 is 0. The number of aliphatic hydroxyl groups is 1. The molecule has 2 heterocycles. The lowest BCUT2D eigenvalue weighted by molar-refractivity contribution is -0.768. The largest absolute Gasteiger partial charge is 0.627 e. The number of β-amino-alcohol motifs (C(OH)–C–C–N with tert-alkyl or cyclic N) is 1. The van der Waals surface area contributed by atoms with Gasteiger partial charge in [-0.2, -0.15) is 0 Å². The average Bonchev–Trinajstić information content (AvgIpc) is 3.13. The molecule has 2 amide bonds. The Hall–Kier alpha value is -2.23. The Morgan fingerprint density at radius 2 is 2.24 bits per heavy atom.